The minimum Gasteiger partial charge on any atom is -0.208 e. The number of hydrogen-bond donors (Lipinski definition) is 0. The predicted molar refractivity (Wildman–Crippen MR) is 208 cm³/mol. The Morgan fingerprint density at radius 2 is 0.765 bits per heavy atom. The van der Waals surface area contributed by atoms with Crippen molar-refractivity contribution in [3.63, 3.8) is 0 Å². The topological polar surface area (TPSA) is 38.7 Å². The third kappa shape index (κ3) is 4.63. The van der Waals surface area contributed by atoms with Crippen LogP contribution < -0.4 is 0 Å². The number of rotatable bonds is 4. The minimum atomic E-state index is -0.527. The SMILES string of the molecule is C1=Cc2ccc(-c3nc(-c4ccccc4)nc(-c4cccc(-c5ccccc5)c4)n3)cc2C2(c3ccccc31)c1ccccc1-c1ccccc12. The van der Waals surface area contributed by atoms with Crippen molar-refractivity contribution in [1.82, 2.24) is 15.0 Å². The highest BCUT2D eigenvalue weighted by molar-refractivity contribution is 5.92. The number of aromatic nitrogens is 3. The average Bonchev–Trinajstić information content (AvgIpc) is 3.42. The van der Waals surface area contributed by atoms with Crippen LogP contribution in [0.2, 0.25) is 0 Å². The zero-order valence-electron chi connectivity index (χ0n) is 27.7. The Balaban J connectivity index is 1.22. The summed E-state index contributed by atoms with van der Waals surface area (Å²) >= 11 is 0. The van der Waals surface area contributed by atoms with E-state index >= 15 is 0 Å². The van der Waals surface area contributed by atoms with Gasteiger partial charge in [-0.05, 0) is 67.8 Å². The van der Waals surface area contributed by atoms with Crippen molar-refractivity contribution in [2.45, 2.75) is 5.41 Å². The highest BCUT2D eigenvalue weighted by Crippen LogP contribution is 2.58. The highest BCUT2D eigenvalue weighted by atomic mass is 15.0. The predicted octanol–water partition coefficient (Wildman–Crippen LogP) is 11.4. The molecular weight excluding hydrogens is 619 g/mol. The van der Waals surface area contributed by atoms with Gasteiger partial charge in [0.2, 0.25) is 0 Å². The van der Waals surface area contributed by atoms with Crippen molar-refractivity contribution in [2.24, 2.45) is 0 Å². The number of nitrogens with zero attached hydrogens (tertiary/aromatic N) is 3. The van der Waals surface area contributed by atoms with Crippen LogP contribution >= 0.6 is 0 Å². The summed E-state index contributed by atoms with van der Waals surface area (Å²) in [6.07, 6.45) is 4.53. The molecule has 0 bridgehead atoms. The summed E-state index contributed by atoms with van der Waals surface area (Å²) in [6.45, 7) is 0. The van der Waals surface area contributed by atoms with Crippen LogP contribution in [-0.4, -0.2) is 15.0 Å². The lowest BCUT2D eigenvalue weighted by Crippen LogP contribution is -2.30. The van der Waals surface area contributed by atoms with Crippen molar-refractivity contribution in [2.75, 3.05) is 0 Å². The van der Waals surface area contributed by atoms with Gasteiger partial charge in [0.25, 0.3) is 0 Å². The van der Waals surface area contributed by atoms with Gasteiger partial charge in [-0.25, -0.2) is 15.0 Å². The van der Waals surface area contributed by atoms with E-state index in [1.54, 1.807) is 0 Å². The molecule has 7 aromatic carbocycles. The zero-order valence-corrected chi connectivity index (χ0v) is 27.7. The second kappa shape index (κ2) is 11.7. The third-order valence-electron chi connectivity index (χ3n) is 10.4. The van der Waals surface area contributed by atoms with E-state index in [0.717, 1.165) is 27.8 Å². The smallest absolute Gasteiger partial charge is 0.164 e. The maximum Gasteiger partial charge on any atom is 0.164 e. The Morgan fingerprint density at radius 1 is 0.294 bits per heavy atom. The van der Waals surface area contributed by atoms with Crippen molar-refractivity contribution in [1.29, 1.82) is 0 Å². The first-order valence-electron chi connectivity index (χ1n) is 17.4. The first kappa shape index (κ1) is 29.2. The maximum absolute atomic E-state index is 5.21. The van der Waals surface area contributed by atoms with Crippen LogP contribution in [0.15, 0.2) is 176 Å². The van der Waals surface area contributed by atoms with E-state index < -0.39 is 5.41 Å². The van der Waals surface area contributed by atoms with Gasteiger partial charge in [0.15, 0.2) is 17.5 Å². The van der Waals surface area contributed by atoms with Gasteiger partial charge in [-0.2, -0.15) is 0 Å². The molecule has 1 spiro atoms. The Labute approximate surface area is 297 Å². The number of fused-ring (bicyclic) bond motifs is 9. The Hall–Kier alpha value is -6.71. The summed E-state index contributed by atoms with van der Waals surface area (Å²) in [7, 11) is 0. The van der Waals surface area contributed by atoms with Crippen LogP contribution in [0.3, 0.4) is 0 Å². The standard InChI is InChI=1S/C48H31N3/c1-3-14-32(15-4-1)36-19-13-20-37(30-36)46-49-45(35-17-5-2-6-18-35)50-47(51-46)38-29-28-34-27-26-33-16-7-10-23-41(33)48(44(34)31-38)42-24-11-8-21-39(42)40-22-9-12-25-43(40)48/h1-31H. The van der Waals surface area contributed by atoms with Gasteiger partial charge in [0.05, 0.1) is 5.41 Å². The molecule has 0 saturated carbocycles. The molecule has 8 aromatic rings. The molecule has 3 heteroatoms. The molecule has 0 atom stereocenters. The first-order chi connectivity index (χ1) is 25.3. The van der Waals surface area contributed by atoms with E-state index in [0.29, 0.717) is 17.5 Å². The molecule has 51 heavy (non-hydrogen) atoms. The molecule has 10 rings (SSSR count). The van der Waals surface area contributed by atoms with Crippen LogP contribution in [0.5, 0.6) is 0 Å². The fraction of sp³-hybridized carbons (Fsp3) is 0.0208. The molecule has 2 aliphatic carbocycles. The lowest BCUT2D eigenvalue weighted by Gasteiger charge is -2.35. The van der Waals surface area contributed by atoms with E-state index in [9.17, 15) is 0 Å². The van der Waals surface area contributed by atoms with E-state index in [-0.39, 0.29) is 0 Å². The second-order valence-corrected chi connectivity index (χ2v) is 13.2. The van der Waals surface area contributed by atoms with Crippen molar-refractivity contribution < 1.29 is 0 Å². The average molecular weight is 650 g/mol. The monoisotopic (exact) mass is 649 g/mol. The normalized spacial score (nSPS) is 13.2. The third-order valence-corrected chi connectivity index (χ3v) is 10.4. The largest absolute Gasteiger partial charge is 0.208 e. The molecule has 0 aliphatic heterocycles. The van der Waals surface area contributed by atoms with Gasteiger partial charge in [0.1, 0.15) is 0 Å². The van der Waals surface area contributed by atoms with E-state index in [4.69, 9.17) is 15.0 Å². The van der Waals surface area contributed by atoms with Crippen LogP contribution in [0.25, 0.3) is 68.6 Å². The maximum atomic E-state index is 5.21. The lowest BCUT2D eigenvalue weighted by molar-refractivity contribution is 0.766. The molecule has 0 N–H and O–H groups in total. The van der Waals surface area contributed by atoms with Crippen molar-refractivity contribution in [3.8, 4) is 56.4 Å². The first-order valence-corrected chi connectivity index (χ1v) is 17.4. The number of benzene rings is 7. The van der Waals surface area contributed by atoms with E-state index in [1.807, 2.05) is 24.3 Å². The van der Waals surface area contributed by atoms with Gasteiger partial charge in [-0.3, -0.25) is 0 Å². The van der Waals surface area contributed by atoms with Gasteiger partial charge in [0, 0.05) is 16.7 Å². The molecule has 0 amide bonds. The fourth-order valence-electron chi connectivity index (χ4n) is 8.11. The minimum absolute atomic E-state index is 0.527. The van der Waals surface area contributed by atoms with Crippen LogP contribution in [0.4, 0.5) is 0 Å². The molecule has 3 nitrogen and oxygen atoms in total. The van der Waals surface area contributed by atoms with Gasteiger partial charge < -0.3 is 0 Å². The Morgan fingerprint density at radius 3 is 1.43 bits per heavy atom. The molecule has 2 aliphatic rings. The number of hydrogen-bond acceptors (Lipinski definition) is 3. The summed E-state index contributed by atoms with van der Waals surface area (Å²) in [4.78, 5) is 15.4. The Kier molecular flexibility index (Phi) is 6.71. The Bertz CT molecular complexity index is 2590. The van der Waals surface area contributed by atoms with Gasteiger partial charge in [-0.1, -0.05) is 176 Å². The summed E-state index contributed by atoms with van der Waals surface area (Å²) in [6, 6.07) is 62.4. The second-order valence-electron chi connectivity index (χ2n) is 13.2. The van der Waals surface area contributed by atoms with E-state index in [2.05, 4.69) is 164 Å². The quantitative estimate of drug-likeness (QED) is 0.190. The van der Waals surface area contributed by atoms with Crippen LogP contribution in [0.1, 0.15) is 33.4 Å². The molecule has 238 valence electrons. The molecule has 1 aromatic heterocycles. The summed E-state index contributed by atoms with van der Waals surface area (Å²) in [5.41, 5.74) is 14.6. The van der Waals surface area contributed by atoms with Gasteiger partial charge in [-0.15, -0.1) is 0 Å². The lowest BCUT2D eigenvalue weighted by atomic mass is 9.66. The van der Waals surface area contributed by atoms with Crippen molar-refractivity contribution in [3.05, 3.63) is 209 Å². The zero-order chi connectivity index (χ0) is 33.8. The molecule has 0 fully saturated rings. The molecular formula is C48H31N3. The highest BCUT2D eigenvalue weighted by Gasteiger charge is 2.48. The molecule has 0 radical (unpaired) electrons. The fourth-order valence-corrected chi connectivity index (χ4v) is 8.11. The van der Waals surface area contributed by atoms with Crippen LogP contribution in [0, 0.1) is 0 Å². The van der Waals surface area contributed by atoms with Gasteiger partial charge >= 0.3 is 0 Å². The molecule has 0 unspecified atom stereocenters. The molecule has 1 heterocycles. The summed E-state index contributed by atoms with van der Waals surface area (Å²) < 4.78 is 0. The van der Waals surface area contributed by atoms with Crippen LogP contribution in [-0.2, 0) is 5.41 Å². The van der Waals surface area contributed by atoms with Crippen molar-refractivity contribution >= 4 is 12.2 Å². The summed E-state index contributed by atoms with van der Waals surface area (Å²) in [5, 5.41) is 0. The summed E-state index contributed by atoms with van der Waals surface area (Å²) in [5.74, 6) is 1.93. The van der Waals surface area contributed by atoms with E-state index in [1.165, 1.54) is 44.5 Å². The molecule has 0 saturated heterocycles.